The maximum Gasteiger partial charge on any atom is 0.224 e. The summed E-state index contributed by atoms with van der Waals surface area (Å²) in [6.07, 6.45) is 6.44. The first-order chi connectivity index (χ1) is 17.6. The zero-order valence-electron chi connectivity index (χ0n) is 22.0. The van der Waals surface area contributed by atoms with Gasteiger partial charge in [-0.05, 0) is 52.5 Å². The molecule has 5 rings (SSSR count). The van der Waals surface area contributed by atoms with Crippen LogP contribution in [0.5, 0.6) is 0 Å². The van der Waals surface area contributed by atoms with Crippen LogP contribution < -0.4 is 10.6 Å². The van der Waals surface area contributed by atoms with E-state index in [0.29, 0.717) is 18.2 Å². The highest BCUT2D eigenvalue weighted by Crippen LogP contribution is 2.40. The number of nitrogens with zero attached hydrogens (tertiary/aromatic N) is 4. The second-order valence-electron chi connectivity index (χ2n) is 11.2. The van der Waals surface area contributed by atoms with Gasteiger partial charge in [0.15, 0.2) is 0 Å². The monoisotopic (exact) mass is 526 g/mol. The topological polar surface area (TPSA) is 136 Å². The Bertz CT molecular complexity index is 1250. The minimum atomic E-state index is -1.12. The molecule has 0 unspecified atom stereocenters. The van der Waals surface area contributed by atoms with E-state index in [1.165, 1.54) is 25.7 Å². The van der Waals surface area contributed by atoms with Crippen molar-refractivity contribution in [1.82, 2.24) is 19.9 Å². The molecule has 3 aromatic rings. The Balaban J connectivity index is 1.48. The number of aliphatic hydroxyl groups excluding tert-OH is 2. The molecule has 2 aliphatic rings. The van der Waals surface area contributed by atoms with E-state index in [1.54, 1.807) is 31.4 Å². The average Bonchev–Trinajstić information content (AvgIpc) is 3.56. The van der Waals surface area contributed by atoms with Crippen LogP contribution in [0, 0.1) is 25.7 Å². The van der Waals surface area contributed by atoms with E-state index in [9.17, 15) is 15.3 Å². The highest BCUT2D eigenvalue weighted by Gasteiger charge is 2.48. The van der Waals surface area contributed by atoms with E-state index in [1.807, 2.05) is 19.9 Å². The van der Waals surface area contributed by atoms with Crippen LogP contribution in [0.25, 0.3) is 20.8 Å². The molecule has 37 heavy (non-hydrogen) atoms. The Morgan fingerprint density at radius 2 is 1.81 bits per heavy atom. The Morgan fingerprint density at radius 1 is 1.05 bits per heavy atom. The first kappa shape index (κ1) is 26.2. The highest BCUT2D eigenvalue weighted by atomic mass is 32.1. The van der Waals surface area contributed by atoms with Crippen molar-refractivity contribution in [3.05, 3.63) is 23.7 Å². The van der Waals surface area contributed by atoms with E-state index < -0.39 is 29.8 Å². The molecule has 4 atom stereocenters. The first-order valence-corrected chi connectivity index (χ1v) is 14.1. The number of anilines is 2. The van der Waals surface area contributed by atoms with Gasteiger partial charge >= 0.3 is 0 Å². The number of nitrogens with one attached hydrogen (secondary N) is 2. The largest absolute Gasteiger partial charge is 0.390 e. The van der Waals surface area contributed by atoms with E-state index in [2.05, 4.69) is 15.6 Å². The molecular formula is C27H38N6O3S. The molecule has 2 aliphatic carbocycles. The van der Waals surface area contributed by atoms with Crippen LogP contribution in [0.3, 0.4) is 0 Å². The summed E-state index contributed by atoms with van der Waals surface area (Å²) in [5, 5.41) is 39.7. The number of aryl methyl sites for hydroxylation is 2. The van der Waals surface area contributed by atoms with Crippen molar-refractivity contribution < 1.29 is 15.3 Å². The third kappa shape index (κ3) is 5.43. The van der Waals surface area contributed by atoms with Crippen LogP contribution in [-0.4, -0.2) is 65.7 Å². The molecule has 0 amide bonds. The van der Waals surface area contributed by atoms with E-state index in [-0.39, 0.29) is 0 Å². The summed E-state index contributed by atoms with van der Waals surface area (Å²) in [6, 6.07) is 1.47. The summed E-state index contributed by atoms with van der Waals surface area (Å²) in [7, 11) is 0. The van der Waals surface area contributed by atoms with Crippen molar-refractivity contribution in [2.75, 3.05) is 17.2 Å². The Morgan fingerprint density at radius 3 is 2.49 bits per heavy atom. The zero-order valence-corrected chi connectivity index (χ0v) is 22.8. The molecule has 3 heterocycles. The molecule has 0 aromatic carbocycles. The summed E-state index contributed by atoms with van der Waals surface area (Å²) in [5.41, 5.74) is 2.14. The molecule has 5 N–H and O–H groups in total. The zero-order chi connectivity index (χ0) is 26.3. The molecule has 0 radical (unpaired) electrons. The molecule has 10 heteroatoms. The van der Waals surface area contributed by atoms with Gasteiger partial charge in [0.05, 0.1) is 39.4 Å². The van der Waals surface area contributed by atoms with Crippen molar-refractivity contribution in [2.45, 2.75) is 90.1 Å². The molecule has 2 fully saturated rings. The Kier molecular flexibility index (Phi) is 7.37. The van der Waals surface area contributed by atoms with Crippen LogP contribution in [0.4, 0.5) is 11.8 Å². The fraction of sp³-hybridized carbons (Fsp3) is 0.630. The van der Waals surface area contributed by atoms with E-state index >= 15 is 0 Å². The summed E-state index contributed by atoms with van der Waals surface area (Å²) >= 11 is 1.55. The Hall–Kier alpha value is -2.40. The van der Waals surface area contributed by atoms with Crippen LogP contribution in [0.1, 0.15) is 63.8 Å². The van der Waals surface area contributed by atoms with Gasteiger partial charge in [0.1, 0.15) is 22.4 Å². The Labute approximate surface area is 221 Å². The minimum absolute atomic E-state index is 0.404. The molecule has 2 saturated carbocycles. The number of hydrogen-bond acceptors (Lipinski definition) is 10. The van der Waals surface area contributed by atoms with Gasteiger partial charge in [-0.25, -0.2) is 9.97 Å². The van der Waals surface area contributed by atoms with Gasteiger partial charge in [-0.1, -0.05) is 25.7 Å². The van der Waals surface area contributed by atoms with E-state index in [0.717, 1.165) is 51.1 Å². The second-order valence-corrected chi connectivity index (χ2v) is 12.2. The smallest absolute Gasteiger partial charge is 0.224 e. The number of hydrogen-bond donors (Lipinski definition) is 5. The fourth-order valence-corrected chi connectivity index (χ4v) is 6.95. The summed E-state index contributed by atoms with van der Waals surface area (Å²) < 4.78 is 1.03. The second kappa shape index (κ2) is 10.4. The summed E-state index contributed by atoms with van der Waals surface area (Å²) in [6.45, 7) is 8.03. The summed E-state index contributed by atoms with van der Waals surface area (Å²) in [4.78, 5) is 18.9. The lowest BCUT2D eigenvalue weighted by molar-refractivity contribution is -0.0601. The van der Waals surface area contributed by atoms with Gasteiger partial charge in [0, 0.05) is 18.7 Å². The van der Waals surface area contributed by atoms with Gasteiger partial charge in [-0.2, -0.15) is 4.98 Å². The van der Waals surface area contributed by atoms with E-state index in [4.69, 9.17) is 15.0 Å². The third-order valence-corrected chi connectivity index (χ3v) is 9.05. The predicted octanol–water partition coefficient (Wildman–Crippen LogP) is 4.05. The average molecular weight is 527 g/mol. The van der Waals surface area contributed by atoms with Gasteiger partial charge in [0.25, 0.3) is 0 Å². The number of thiazole rings is 1. The minimum Gasteiger partial charge on any atom is -0.390 e. The summed E-state index contributed by atoms with van der Waals surface area (Å²) in [5.74, 6) is 1.39. The SMILES string of the molecule is Cc1nc(NCCC2CCCC2)nc(N[C@@H]2C[C@H](C(C)(C)O)[C@@H](O)[C@H]2O)c1-c1nc2c(C)nccc2s1. The normalized spacial score (nSPS) is 24.7. The van der Waals surface area contributed by atoms with Crippen molar-refractivity contribution in [2.24, 2.45) is 11.8 Å². The predicted molar refractivity (Wildman–Crippen MR) is 147 cm³/mol. The van der Waals surface area contributed by atoms with Crippen molar-refractivity contribution in [1.29, 1.82) is 0 Å². The fourth-order valence-electron chi connectivity index (χ4n) is 5.84. The van der Waals surface area contributed by atoms with Crippen molar-refractivity contribution >= 4 is 33.3 Å². The molecule has 3 aromatic heterocycles. The molecule has 0 spiro atoms. The lowest BCUT2D eigenvalue weighted by Gasteiger charge is -2.28. The quantitative estimate of drug-likeness (QED) is 0.294. The number of rotatable bonds is 8. The molecule has 0 aliphatic heterocycles. The number of aliphatic hydroxyl groups is 3. The number of pyridine rings is 1. The number of aromatic nitrogens is 4. The van der Waals surface area contributed by atoms with Crippen LogP contribution in [-0.2, 0) is 0 Å². The maximum absolute atomic E-state index is 10.9. The number of fused-ring (bicyclic) bond motifs is 1. The van der Waals surface area contributed by atoms with Gasteiger partial charge in [-0.15, -0.1) is 11.3 Å². The standard InChI is InChI=1S/C27H38N6O3S/c1-14-20(25-32-21-15(2)28-12-10-19(21)37-25)24(31-18-13-17(27(3,4)36)22(34)23(18)35)33-26(30-14)29-11-9-16-7-5-6-8-16/h10,12,16-18,22-23,34-36H,5-9,11,13H2,1-4H3,(H2,29,30,31,33)/t17-,18+,22+,23-/m0/s1. The van der Waals surface area contributed by atoms with Gasteiger partial charge in [-0.3, -0.25) is 4.98 Å². The maximum atomic E-state index is 10.9. The van der Waals surface area contributed by atoms with Crippen LogP contribution >= 0.6 is 11.3 Å². The van der Waals surface area contributed by atoms with Gasteiger partial charge < -0.3 is 26.0 Å². The van der Waals surface area contributed by atoms with Gasteiger partial charge in [0.2, 0.25) is 5.95 Å². The molecule has 0 bridgehead atoms. The van der Waals surface area contributed by atoms with Crippen LogP contribution in [0.15, 0.2) is 12.3 Å². The van der Waals surface area contributed by atoms with Crippen molar-refractivity contribution in [3.8, 4) is 10.6 Å². The molecule has 200 valence electrons. The van der Waals surface area contributed by atoms with Crippen LogP contribution in [0.2, 0.25) is 0 Å². The molecular weight excluding hydrogens is 488 g/mol. The highest BCUT2D eigenvalue weighted by molar-refractivity contribution is 7.21. The lowest BCUT2D eigenvalue weighted by Crippen LogP contribution is -2.40. The van der Waals surface area contributed by atoms with Crippen molar-refractivity contribution in [3.63, 3.8) is 0 Å². The third-order valence-electron chi connectivity index (χ3n) is 8.02. The molecule has 9 nitrogen and oxygen atoms in total. The first-order valence-electron chi connectivity index (χ1n) is 13.3. The lowest BCUT2D eigenvalue weighted by atomic mass is 9.88. The molecule has 0 saturated heterocycles.